The van der Waals surface area contributed by atoms with Gasteiger partial charge in [-0.05, 0) is 42.7 Å². The number of sulfonamides is 1. The maximum Gasteiger partial charge on any atom is 0.246 e. The Morgan fingerprint density at radius 2 is 1.96 bits per heavy atom. The molecule has 24 heavy (non-hydrogen) atoms. The lowest BCUT2D eigenvalue weighted by atomic mass is 9.97. The third-order valence-corrected chi connectivity index (χ3v) is 6.33. The van der Waals surface area contributed by atoms with Crippen molar-refractivity contribution >= 4 is 10.0 Å². The van der Waals surface area contributed by atoms with E-state index in [1.54, 1.807) is 20.1 Å². The van der Waals surface area contributed by atoms with E-state index in [0.29, 0.717) is 25.1 Å². The molecular formula is C18H20FNO3S. The summed E-state index contributed by atoms with van der Waals surface area (Å²) >= 11 is 0. The number of benzene rings is 2. The number of aryl methyl sites for hydroxylation is 1. The molecule has 1 unspecified atom stereocenters. The summed E-state index contributed by atoms with van der Waals surface area (Å²) in [6.45, 7) is 2.43. The van der Waals surface area contributed by atoms with Gasteiger partial charge in [0.2, 0.25) is 10.0 Å². The molecule has 1 aliphatic heterocycles. The van der Waals surface area contributed by atoms with Crippen LogP contribution in [0.3, 0.4) is 0 Å². The number of nitrogens with zero attached hydrogens (tertiary/aromatic N) is 1. The summed E-state index contributed by atoms with van der Waals surface area (Å²) in [5.74, 6) is 0.100. The van der Waals surface area contributed by atoms with Gasteiger partial charge in [0.05, 0.1) is 7.11 Å². The van der Waals surface area contributed by atoms with E-state index in [9.17, 15) is 12.8 Å². The topological polar surface area (TPSA) is 46.6 Å². The lowest BCUT2D eigenvalue weighted by Gasteiger charge is -2.18. The van der Waals surface area contributed by atoms with Gasteiger partial charge >= 0.3 is 0 Å². The van der Waals surface area contributed by atoms with Gasteiger partial charge in [0.15, 0.2) is 0 Å². The minimum Gasteiger partial charge on any atom is -0.496 e. The normalized spacial score (nSPS) is 18.7. The summed E-state index contributed by atoms with van der Waals surface area (Å²) in [7, 11) is -2.23. The molecule has 0 aliphatic carbocycles. The number of methoxy groups -OCH3 is 1. The zero-order valence-corrected chi connectivity index (χ0v) is 14.5. The van der Waals surface area contributed by atoms with Crippen molar-refractivity contribution in [2.24, 2.45) is 0 Å². The molecule has 4 nitrogen and oxygen atoms in total. The maximum atomic E-state index is 14.1. The number of ether oxygens (including phenoxy) is 1. The third-order valence-electron chi connectivity index (χ3n) is 4.43. The molecule has 0 N–H and O–H groups in total. The first-order chi connectivity index (χ1) is 11.4. The van der Waals surface area contributed by atoms with Crippen LogP contribution >= 0.6 is 0 Å². The third kappa shape index (κ3) is 3.03. The van der Waals surface area contributed by atoms with Crippen LogP contribution in [-0.4, -0.2) is 32.9 Å². The van der Waals surface area contributed by atoms with Gasteiger partial charge < -0.3 is 4.74 Å². The lowest BCUT2D eigenvalue weighted by Crippen LogP contribution is -2.29. The first-order valence-electron chi connectivity index (χ1n) is 7.82. The number of rotatable bonds is 4. The van der Waals surface area contributed by atoms with Crippen molar-refractivity contribution in [3.05, 3.63) is 59.4 Å². The Morgan fingerprint density at radius 3 is 2.67 bits per heavy atom. The molecule has 1 saturated heterocycles. The summed E-state index contributed by atoms with van der Waals surface area (Å²) in [4.78, 5) is -0.256. The van der Waals surface area contributed by atoms with E-state index in [4.69, 9.17) is 4.74 Å². The van der Waals surface area contributed by atoms with Crippen molar-refractivity contribution in [3.8, 4) is 5.75 Å². The average Bonchev–Trinajstić information content (AvgIpc) is 3.05. The zero-order chi connectivity index (χ0) is 17.3. The number of halogens is 1. The highest BCUT2D eigenvalue weighted by Gasteiger charge is 2.35. The molecule has 0 aromatic heterocycles. The van der Waals surface area contributed by atoms with Crippen LogP contribution in [-0.2, 0) is 10.0 Å². The van der Waals surface area contributed by atoms with Gasteiger partial charge in [-0.3, -0.25) is 0 Å². The van der Waals surface area contributed by atoms with Crippen molar-refractivity contribution in [2.45, 2.75) is 24.2 Å². The predicted octanol–water partition coefficient (Wildman–Crippen LogP) is 3.32. The molecule has 2 aromatic rings. The Labute approximate surface area is 141 Å². The molecule has 2 aromatic carbocycles. The summed E-state index contributed by atoms with van der Waals surface area (Å²) in [5, 5.41) is 0. The molecule has 0 spiro atoms. The SMILES string of the molecule is COc1ccccc1C1CCN(S(=O)(=O)c2ccc(C)cc2F)C1. The Hall–Kier alpha value is -1.92. The molecule has 1 fully saturated rings. The van der Waals surface area contributed by atoms with Gasteiger partial charge in [0, 0.05) is 19.0 Å². The Kier molecular flexibility index (Phi) is 4.60. The van der Waals surface area contributed by atoms with E-state index < -0.39 is 15.8 Å². The molecule has 0 amide bonds. The molecule has 3 rings (SSSR count). The van der Waals surface area contributed by atoms with Crippen LogP contribution in [0.5, 0.6) is 5.75 Å². The van der Waals surface area contributed by atoms with Crippen LogP contribution < -0.4 is 4.74 Å². The Bertz CT molecular complexity index is 851. The van der Waals surface area contributed by atoms with E-state index in [2.05, 4.69) is 0 Å². The summed E-state index contributed by atoms with van der Waals surface area (Å²) in [6, 6.07) is 11.8. The van der Waals surface area contributed by atoms with E-state index >= 15 is 0 Å². The minimum absolute atomic E-state index is 0.0458. The minimum atomic E-state index is -3.83. The molecule has 0 bridgehead atoms. The van der Waals surface area contributed by atoms with Crippen molar-refractivity contribution in [1.82, 2.24) is 4.31 Å². The fourth-order valence-corrected chi connectivity index (χ4v) is 4.70. The highest BCUT2D eigenvalue weighted by Crippen LogP contribution is 2.35. The van der Waals surface area contributed by atoms with E-state index in [1.807, 2.05) is 24.3 Å². The number of hydrogen-bond donors (Lipinski definition) is 0. The molecule has 0 saturated carbocycles. The summed E-state index contributed by atoms with van der Waals surface area (Å²) in [5.41, 5.74) is 1.68. The maximum absolute atomic E-state index is 14.1. The standard InChI is InChI=1S/C18H20FNO3S/c1-13-7-8-18(16(19)11-13)24(21,22)20-10-9-14(12-20)15-5-3-4-6-17(15)23-2/h3-8,11,14H,9-10,12H2,1-2H3. The van der Waals surface area contributed by atoms with Crippen molar-refractivity contribution in [3.63, 3.8) is 0 Å². The molecule has 1 aliphatic rings. The van der Waals surface area contributed by atoms with Gasteiger partial charge in [0.25, 0.3) is 0 Å². The molecule has 1 heterocycles. The number of hydrogen-bond acceptors (Lipinski definition) is 3. The summed E-state index contributed by atoms with van der Waals surface area (Å²) < 4.78 is 46.3. The van der Waals surface area contributed by atoms with Crippen LogP contribution in [0.2, 0.25) is 0 Å². The van der Waals surface area contributed by atoms with Crippen LogP contribution in [0.4, 0.5) is 4.39 Å². The van der Waals surface area contributed by atoms with Gasteiger partial charge in [-0.25, -0.2) is 12.8 Å². The Morgan fingerprint density at radius 1 is 1.21 bits per heavy atom. The van der Waals surface area contributed by atoms with E-state index in [1.165, 1.54) is 16.4 Å². The second-order valence-electron chi connectivity index (χ2n) is 6.02. The number of para-hydroxylation sites is 1. The van der Waals surface area contributed by atoms with Crippen LogP contribution in [0, 0.1) is 12.7 Å². The predicted molar refractivity (Wildman–Crippen MR) is 90.2 cm³/mol. The van der Waals surface area contributed by atoms with E-state index in [-0.39, 0.29) is 10.8 Å². The molecule has 1 atom stereocenters. The first-order valence-corrected chi connectivity index (χ1v) is 9.26. The summed E-state index contributed by atoms with van der Waals surface area (Å²) in [6.07, 6.45) is 0.688. The van der Waals surface area contributed by atoms with Gasteiger partial charge in [-0.15, -0.1) is 0 Å². The fraction of sp³-hybridized carbons (Fsp3) is 0.333. The van der Waals surface area contributed by atoms with Crippen LogP contribution in [0.1, 0.15) is 23.5 Å². The van der Waals surface area contributed by atoms with Gasteiger partial charge in [0.1, 0.15) is 16.5 Å². The molecule has 0 radical (unpaired) electrons. The average molecular weight is 349 g/mol. The lowest BCUT2D eigenvalue weighted by molar-refractivity contribution is 0.404. The fourth-order valence-electron chi connectivity index (χ4n) is 3.16. The Balaban J connectivity index is 1.87. The highest BCUT2D eigenvalue weighted by atomic mass is 32.2. The van der Waals surface area contributed by atoms with E-state index in [0.717, 1.165) is 11.3 Å². The second-order valence-corrected chi connectivity index (χ2v) is 7.93. The van der Waals surface area contributed by atoms with Gasteiger partial charge in [-0.2, -0.15) is 4.31 Å². The van der Waals surface area contributed by atoms with Crippen molar-refractivity contribution in [2.75, 3.05) is 20.2 Å². The molecule has 128 valence electrons. The zero-order valence-electron chi connectivity index (χ0n) is 13.7. The largest absolute Gasteiger partial charge is 0.496 e. The van der Waals surface area contributed by atoms with Crippen LogP contribution in [0.25, 0.3) is 0 Å². The van der Waals surface area contributed by atoms with Gasteiger partial charge in [-0.1, -0.05) is 24.3 Å². The molecule has 6 heteroatoms. The quantitative estimate of drug-likeness (QED) is 0.851. The van der Waals surface area contributed by atoms with Crippen LogP contribution in [0.15, 0.2) is 47.4 Å². The highest BCUT2D eigenvalue weighted by molar-refractivity contribution is 7.89. The van der Waals surface area contributed by atoms with Crippen molar-refractivity contribution in [1.29, 1.82) is 0 Å². The molecular weight excluding hydrogens is 329 g/mol. The smallest absolute Gasteiger partial charge is 0.246 e. The monoisotopic (exact) mass is 349 g/mol. The van der Waals surface area contributed by atoms with Crippen molar-refractivity contribution < 1.29 is 17.5 Å². The first kappa shape index (κ1) is 16.9. The second kappa shape index (κ2) is 6.53.